The lowest BCUT2D eigenvalue weighted by atomic mass is 10.2. The Hall–Kier alpha value is -2.13. The van der Waals surface area contributed by atoms with Crippen LogP contribution in [0.4, 0.5) is 10.2 Å². The minimum Gasteiger partial charge on any atom is -0.366 e. The molecule has 0 aliphatic carbocycles. The maximum absolute atomic E-state index is 12.8. The first-order chi connectivity index (χ1) is 9.72. The summed E-state index contributed by atoms with van der Waals surface area (Å²) in [7, 11) is 0. The van der Waals surface area contributed by atoms with Gasteiger partial charge in [0.25, 0.3) is 0 Å². The summed E-state index contributed by atoms with van der Waals surface area (Å²) in [5.41, 5.74) is 1.83. The number of aromatic nitrogens is 1. The third kappa shape index (κ3) is 2.73. The number of rotatable bonds is 3. The normalized spacial score (nSPS) is 10.7. The van der Waals surface area contributed by atoms with E-state index in [4.69, 9.17) is 11.6 Å². The van der Waals surface area contributed by atoms with E-state index in [-0.39, 0.29) is 5.82 Å². The fourth-order valence-electron chi connectivity index (χ4n) is 2.02. The molecular formula is C16H12ClFN2. The zero-order chi connectivity index (χ0) is 13.9. The molecule has 0 saturated carbocycles. The van der Waals surface area contributed by atoms with Gasteiger partial charge in [0.05, 0.1) is 10.5 Å². The molecule has 0 bridgehead atoms. The average molecular weight is 287 g/mol. The Kier molecular flexibility index (Phi) is 3.52. The van der Waals surface area contributed by atoms with Gasteiger partial charge in [0.2, 0.25) is 0 Å². The van der Waals surface area contributed by atoms with Crippen molar-refractivity contribution in [1.29, 1.82) is 0 Å². The van der Waals surface area contributed by atoms with Crippen LogP contribution in [0.25, 0.3) is 10.9 Å². The maximum Gasteiger partial charge on any atom is 0.128 e. The molecule has 0 radical (unpaired) electrons. The molecule has 2 nitrogen and oxygen atoms in total. The van der Waals surface area contributed by atoms with Crippen LogP contribution in [0.3, 0.4) is 0 Å². The van der Waals surface area contributed by atoms with Crippen molar-refractivity contribution < 1.29 is 4.39 Å². The van der Waals surface area contributed by atoms with Gasteiger partial charge in [-0.25, -0.2) is 9.37 Å². The molecule has 3 aromatic rings. The second-order valence-corrected chi connectivity index (χ2v) is 4.89. The van der Waals surface area contributed by atoms with Crippen LogP contribution in [0.15, 0.2) is 54.6 Å². The summed E-state index contributed by atoms with van der Waals surface area (Å²) < 4.78 is 12.8. The standard InChI is InChI=1S/C16H12ClFN2/c17-14-9-16(20-15-4-2-1-3-13(14)15)19-10-11-5-7-12(18)8-6-11/h1-9H,10H2,(H,19,20). The summed E-state index contributed by atoms with van der Waals surface area (Å²) in [6.07, 6.45) is 0. The van der Waals surface area contributed by atoms with Gasteiger partial charge in [-0.2, -0.15) is 0 Å². The second-order valence-electron chi connectivity index (χ2n) is 4.49. The lowest BCUT2D eigenvalue weighted by Gasteiger charge is -2.08. The number of hydrogen-bond donors (Lipinski definition) is 1. The third-order valence-corrected chi connectivity index (χ3v) is 3.37. The second kappa shape index (κ2) is 5.47. The van der Waals surface area contributed by atoms with Gasteiger partial charge in [-0.15, -0.1) is 0 Å². The van der Waals surface area contributed by atoms with E-state index < -0.39 is 0 Å². The fourth-order valence-corrected chi connectivity index (χ4v) is 2.28. The number of fused-ring (bicyclic) bond motifs is 1. The van der Waals surface area contributed by atoms with E-state index in [1.807, 2.05) is 24.3 Å². The van der Waals surface area contributed by atoms with Crippen LogP contribution in [0, 0.1) is 5.82 Å². The first kappa shape index (κ1) is 12.9. The van der Waals surface area contributed by atoms with Crippen LogP contribution < -0.4 is 5.32 Å². The van der Waals surface area contributed by atoms with Crippen LogP contribution in [0.5, 0.6) is 0 Å². The fraction of sp³-hybridized carbons (Fsp3) is 0.0625. The molecule has 0 spiro atoms. The Morgan fingerprint density at radius 1 is 1.05 bits per heavy atom. The van der Waals surface area contributed by atoms with E-state index in [0.717, 1.165) is 16.5 Å². The maximum atomic E-state index is 12.8. The van der Waals surface area contributed by atoms with E-state index in [9.17, 15) is 4.39 Å². The van der Waals surface area contributed by atoms with Crippen LogP contribution >= 0.6 is 11.6 Å². The number of nitrogens with zero attached hydrogens (tertiary/aromatic N) is 1. The molecule has 0 aliphatic heterocycles. The molecular weight excluding hydrogens is 275 g/mol. The van der Waals surface area contributed by atoms with E-state index in [2.05, 4.69) is 10.3 Å². The topological polar surface area (TPSA) is 24.9 Å². The van der Waals surface area contributed by atoms with Crippen LogP contribution in [0.1, 0.15) is 5.56 Å². The summed E-state index contributed by atoms with van der Waals surface area (Å²) in [6.45, 7) is 0.571. The molecule has 0 atom stereocenters. The molecule has 20 heavy (non-hydrogen) atoms. The summed E-state index contributed by atoms with van der Waals surface area (Å²) >= 11 is 6.24. The Balaban J connectivity index is 1.82. The van der Waals surface area contributed by atoms with Crippen molar-refractivity contribution in [3.63, 3.8) is 0 Å². The van der Waals surface area contributed by atoms with Crippen molar-refractivity contribution in [2.45, 2.75) is 6.54 Å². The molecule has 0 saturated heterocycles. The highest BCUT2D eigenvalue weighted by Crippen LogP contribution is 2.25. The summed E-state index contributed by atoms with van der Waals surface area (Å²) in [5.74, 6) is 0.471. The summed E-state index contributed by atoms with van der Waals surface area (Å²) in [5, 5.41) is 4.79. The van der Waals surface area contributed by atoms with Crippen LogP contribution in [-0.2, 0) is 6.54 Å². The van der Waals surface area contributed by atoms with Gasteiger partial charge in [-0.1, -0.05) is 41.9 Å². The quantitative estimate of drug-likeness (QED) is 0.759. The molecule has 4 heteroatoms. The zero-order valence-electron chi connectivity index (χ0n) is 10.6. The van der Waals surface area contributed by atoms with Crippen molar-refractivity contribution in [2.75, 3.05) is 5.32 Å². The van der Waals surface area contributed by atoms with E-state index in [1.54, 1.807) is 18.2 Å². The molecule has 1 N–H and O–H groups in total. The van der Waals surface area contributed by atoms with E-state index in [0.29, 0.717) is 17.4 Å². The van der Waals surface area contributed by atoms with Crippen molar-refractivity contribution in [1.82, 2.24) is 4.98 Å². The Labute approximate surface area is 121 Å². The third-order valence-electron chi connectivity index (χ3n) is 3.05. The van der Waals surface area contributed by atoms with Crippen molar-refractivity contribution in [2.24, 2.45) is 0 Å². The Morgan fingerprint density at radius 2 is 1.80 bits per heavy atom. The van der Waals surface area contributed by atoms with Gasteiger partial charge in [0.15, 0.2) is 0 Å². The number of anilines is 1. The largest absolute Gasteiger partial charge is 0.366 e. The summed E-state index contributed by atoms with van der Waals surface area (Å²) in [4.78, 5) is 4.50. The van der Waals surface area contributed by atoms with Crippen molar-refractivity contribution >= 4 is 28.3 Å². The number of halogens is 2. The zero-order valence-corrected chi connectivity index (χ0v) is 11.4. The van der Waals surface area contributed by atoms with Gasteiger partial charge in [0, 0.05) is 11.9 Å². The number of hydrogen-bond acceptors (Lipinski definition) is 2. The predicted octanol–water partition coefficient (Wildman–Crippen LogP) is 4.64. The predicted molar refractivity (Wildman–Crippen MR) is 80.5 cm³/mol. The van der Waals surface area contributed by atoms with Gasteiger partial charge >= 0.3 is 0 Å². The number of benzene rings is 2. The molecule has 0 fully saturated rings. The van der Waals surface area contributed by atoms with Crippen LogP contribution in [-0.4, -0.2) is 4.98 Å². The van der Waals surface area contributed by atoms with E-state index in [1.165, 1.54) is 12.1 Å². The molecule has 3 rings (SSSR count). The lowest BCUT2D eigenvalue weighted by Crippen LogP contribution is -2.01. The molecule has 0 amide bonds. The highest BCUT2D eigenvalue weighted by atomic mass is 35.5. The molecule has 0 aliphatic rings. The molecule has 100 valence electrons. The van der Waals surface area contributed by atoms with Crippen molar-refractivity contribution in [3.05, 3.63) is 71.0 Å². The average Bonchev–Trinajstić information content (AvgIpc) is 2.47. The monoisotopic (exact) mass is 286 g/mol. The number of para-hydroxylation sites is 1. The van der Waals surface area contributed by atoms with Crippen LogP contribution in [0.2, 0.25) is 5.02 Å². The first-order valence-corrected chi connectivity index (χ1v) is 6.64. The van der Waals surface area contributed by atoms with E-state index >= 15 is 0 Å². The SMILES string of the molecule is Fc1ccc(CNc2cc(Cl)c3ccccc3n2)cc1. The van der Waals surface area contributed by atoms with Gasteiger partial charge < -0.3 is 5.32 Å². The number of nitrogens with one attached hydrogen (secondary N) is 1. The first-order valence-electron chi connectivity index (χ1n) is 6.26. The summed E-state index contributed by atoms with van der Waals surface area (Å²) in [6, 6.07) is 15.9. The Morgan fingerprint density at radius 3 is 2.60 bits per heavy atom. The molecule has 1 aromatic heterocycles. The molecule has 1 heterocycles. The minimum absolute atomic E-state index is 0.236. The minimum atomic E-state index is -0.236. The molecule has 0 unspecified atom stereocenters. The van der Waals surface area contributed by atoms with Gasteiger partial charge in [0.1, 0.15) is 11.6 Å². The molecule has 2 aromatic carbocycles. The van der Waals surface area contributed by atoms with Crippen molar-refractivity contribution in [3.8, 4) is 0 Å². The number of pyridine rings is 1. The highest BCUT2D eigenvalue weighted by molar-refractivity contribution is 6.35. The van der Waals surface area contributed by atoms with Gasteiger partial charge in [-0.3, -0.25) is 0 Å². The lowest BCUT2D eigenvalue weighted by molar-refractivity contribution is 0.627. The smallest absolute Gasteiger partial charge is 0.128 e. The highest BCUT2D eigenvalue weighted by Gasteiger charge is 2.03. The Bertz CT molecular complexity index is 741. The van der Waals surface area contributed by atoms with Gasteiger partial charge in [-0.05, 0) is 29.8 Å².